The molecule has 0 aromatic heterocycles. The lowest BCUT2D eigenvalue weighted by atomic mass is 10.3. The second-order valence-electron chi connectivity index (χ2n) is 1.88. The van der Waals surface area contributed by atoms with Crippen LogP contribution in [0.4, 0.5) is 5.69 Å². The lowest BCUT2D eigenvalue weighted by Crippen LogP contribution is -1.84. The summed E-state index contributed by atoms with van der Waals surface area (Å²) in [6, 6.07) is 7.93. The monoisotopic (exact) mass is 205 g/mol. The lowest BCUT2D eigenvalue weighted by molar-refractivity contribution is -0.384. The van der Waals surface area contributed by atoms with E-state index in [1.165, 1.54) is 12.1 Å². The Balaban J connectivity index is 0.000000310. The Morgan fingerprint density at radius 2 is 1.62 bits per heavy atom. The zero-order valence-electron chi connectivity index (χ0n) is 6.45. The summed E-state index contributed by atoms with van der Waals surface area (Å²) in [6.45, 7) is 0. The highest BCUT2D eigenvalue weighted by Crippen LogP contribution is 2.06. The molecule has 72 valence electrons. The van der Waals surface area contributed by atoms with Crippen LogP contribution in [-0.2, 0) is 4.57 Å². The maximum atomic E-state index is 10.0. The van der Waals surface area contributed by atoms with Crippen LogP contribution in [0.25, 0.3) is 0 Å². The van der Waals surface area contributed by atoms with Crippen molar-refractivity contribution in [2.45, 2.75) is 0 Å². The molecular formula is C6H8NO5P. The van der Waals surface area contributed by atoms with Gasteiger partial charge in [-0.15, -0.1) is 0 Å². The topological polar surface area (TPSA) is 101 Å². The summed E-state index contributed by atoms with van der Waals surface area (Å²) in [5, 5.41) is 10.0. The molecule has 0 saturated carbocycles. The van der Waals surface area contributed by atoms with E-state index >= 15 is 0 Å². The first-order valence-corrected chi connectivity index (χ1v) is 4.45. The van der Waals surface area contributed by atoms with Gasteiger partial charge in [0.2, 0.25) is 0 Å². The zero-order valence-corrected chi connectivity index (χ0v) is 7.45. The predicted molar refractivity (Wildman–Crippen MR) is 46.5 cm³/mol. The minimum atomic E-state index is -3.13. The van der Waals surface area contributed by atoms with Crippen molar-refractivity contribution in [3.8, 4) is 0 Å². The maximum Gasteiger partial charge on any atom is 0.314 e. The minimum absolute atomic E-state index is 0.137. The molecule has 0 spiro atoms. The molecule has 0 amide bonds. The van der Waals surface area contributed by atoms with Gasteiger partial charge in [-0.05, 0) is 0 Å². The number of nitro benzene ring substituents is 1. The van der Waals surface area contributed by atoms with Gasteiger partial charge in [0, 0.05) is 12.1 Å². The zero-order chi connectivity index (χ0) is 10.3. The number of hydrogen-bond acceptors (Lipinski definition) is 3. The first-order chi connectivity index (χ1) is 6.04. The molecule has 6 nitrogen and oxygen atoms in total. The van der Waals surface area contributed by atoms with Crippen LogP contribution in [0.1, 0.15) is 0 Å². The van der Waals surface area contributed by atoms with Gasteiger partial charge in [0.25, 0.3) is 5.69 Å². The van der Waals surface area contributed by atoms with Crippen LogP contribution in [-0.4, -0.2) is 14.7 Å². The van der Waals surface area contributed by atoms with Crippen molar-refractivity contribution in [3.05, 3.63) is 40.4 Å². The molecule has 1 rings (SSSR count). The smallest absolute Gasteiger partial charge is 0.314 e. The molecule has 0 aliphatic carbocycles. The Morgan fingerprint density at radius 3 is 1.85 bits per heavy atom. The highest BCUT2D eigenvalue weighted by Gasteiger charge is 1.98. The highest BCUT2D eigenvalue weighted by molar-refractivity contribution is 7.30. The molecule has 0 radical (unpaired) electrons. The van der Waals surface area contributed by atoms with Crippen molar-refractivity contribution in [2.24, 2.45) is 0 Å². The second-order valence-corrected chi connectivity index (χ2v) is 2.44. The van der Waals surface area contributed by atoms with Gasteiger partial charge in [0.15, 0.2) is 0 Å². The van der Waals surface area contributed by atoms with Crippen LogP contribution in [0.15, 0.2) is 30.3 Å². The third kappa shape index (κ3) is 7.14. The van der Waals surface area contributed by atoms with E-state index in [9.17, 15) is 10.1 Å². The van der Waals surface area contributed by atoms with E-state index in [1.807, 2.05) is 0 Å². The fourth-order valence-corrected chi connectivity index (χ4v) is 0.550. The highest BCUT2D eigenvalue weighted by atomic mass is 31.1. The number of non-ortho nitro benzene ring substituents is 1. The first-order valence-electron chi connectivity index (χ1n) is 3.15. The molecule has 0 unspecified atom stereocenters. The number of benzene rings is 1. The molecule has 1 aromatic rings. The standard InChI is InChI=1S/C6H5NO2.H3O3P/c8-7(9)6-4-2-1-3-5-6;1-4(2)3/h1-5H;4H,(H2,1,2,3). The van der Waals surface area contributed by atoms with Gasteiger partial charge in [-0.25, -0.2) is 0 Å². The summed E-state index contributed by atoms with van der Waals surface area (Å²) in [4.78, 5) is 23.9. The molecule has 0 aliphatic heterocycles. The van der Waals surface area contributed by atoms with Gasteiger partial charge in [-0.3, -0.25) is 14.7 Å². The Morgan fingerprint density at radius 1 is 1.23 bits per heavy atom. The summed E-state index contributed by atoms with van der Waals surface area (Å²) in [7, 11) is -3.13. The van der Waals surface area contributed by atoms with Crippen molar-refractivity contribution in [1.29, 1.82) is 0 Å². The van der Waals surface area contributed by atoms with Crippen LogP contribution in [0.2, 0.25) is 0 Å². The van der Waals surface area contributed by atoms with Gasteiger partial charge in [-0.1, -0.05) is 18.2 Å². The summed E-state index contributed by atoms with van der Waals surface area (Å²) in [5.74, 6) is 0. The van der Waals surface area contributed by atoms with Crippen molar-refractivity contribution >= 4 is 13.9 Å². The van der Waals surface area contributed by atoms with Crippen LogP contribution >= 0.6 is 8.25 Å². The van der Waals surface area contributed by atoms with Gasteiger partial charge in [0.05, 0.1) is 4.92 Å². The van der Waals surface area contributed by atoms with Gasteiger partial charge >= 0.3 is 8.25 Å². The number of nitrogens with zero attached hydrogens (tertiary/aromatic N) is 1. The first kappa shape index (κ1) is 11.8. The van der Waals surface area contributed by atoms with Crippen molar-refractivity contribution < 1.29 is 19.3 Å². The Labute approximate surface area is 74.6 Å². The quantitative estimate of drug-likeness (QED) is 0.404. The van der Waals surface area contributed by atoms with E-state index in [0.717, 1.165) is 0 Å². The Kier molecular flexibility index (Phi) is 5.71. The van der Waals surface area contributed by atoms with E-state index in [2.05, 4.69) is 0 Å². The molecule has 7 heteroatoms. The fourth-order valence-electron chi connectivity index (χ4n) is 0.550. The van der Waals surface area contributed by atoms with Crippen LogP contribution in [0, 0.1) is 10.1 Å². The van der Waals surface area contributed by atoms with Gasteiger partial charge < -0.3 is 9.79 Å². The van der Waals surface area contributed by atoms with Crippen molar-refractivity contribution in [2.75, 3.05) is 0 Å². The van der Waals surface area contributed by atoms with Crippen LogP contribution in [0.3, 0.4) is 0 Å². The third-order valence-corrected chi connectivity index (χ3v) is 0.967. The average Bonchev–Trinajstić information content (AvgIpc) is 2.05. The summed E-state index contributed by atoms with van der Waals surface area (Å²) in [5.41, 5.74) is 0.137. The molecular weight excluding hydrogens is 197 g/mol. The molecule has 0 fully saturated rings. The Bertz CT molecular complexity index is 284. The second kappa shape index (κ2) is 6.30. The van der Waals surface area contributed by atoms with E-state index < -0.39 is 13.2 Å². The van der Waals surface area contributed by atoms with Crippen molar-refractivity contribution in [3.63, 3.8) is 0 Å². The van der Waals surface area contributed by atoms with Gasteiger partial charge in [-0.2, -0.15) is 0 Å². The Hall–Kier alpha value is -1.23. The third-order valence-electron chi connectivity index (χ3n) is 0.967. The summed E-state index contributed by atoms with van der Waals surface area (Å²) < 4.78 is 8.74. The largest absolute Gasteiger partial charge is 0.326 e. The maximum absolute atomic E-state index is 10.0. The number of hydrogen-bond donors (Lipinski definition) is 2. The number of rotatable bonds is 1. The predicted octanol–water partition coefficient (Wildman–Crippen LogP) is 0.956. The molecule has 1 aromatic carbocycles. The van der Waals surface area contributed by atoms with E-state index in [-0.39, 0.29) is 5.69 Å². The summed E-state index contributed by atoms with van der Waals surface area (Å²) in [6.07, 6.45) is 0. The molecule has 13 heavy (non-hydrogen) atoms. The SMILES string of the molecule is O=[N+]([O-])c1ccccc1.O=[PH](O)O. The van der Waals surface area contributed by atoms with Crippen molar-refractivity contribution in [1.82, 2.24) is 0 Å². The van der Waals surface area contributed by atoms with E-state index in [4.69, 9.17) is 14.4 Å². The summed E-state index contributed by atoms with van der Waals surface area (Å²) >= 11 is 0. The molecule has 0 atom stereocenters. The molecule has 0 bridgehead atoms. The van der Waals surface area contributed by atoms with Gasteiger partial charge in [0.1, 0.15) is 0 Å². The molecule has 0 aliphatic rings. The number of nitro groups is 1. The minimum Gasteiger partial charge on any atom is -0.326 e. The fraction of sp³-hybridized carbons (Fsp3) is 0. The molecule has 2 N–H and O–H groups in total. The van der Waals surface area contributed by atoms with Crippen LogP contribution in [0.5, 0.6) is 0 Å². The molecule has 0 saturated heterocycles. The molecule has 0 heterocycles. The number of para-hydroxylation sites is 1. The van der Waals surface area contributed by atoms with E-state index in [1.54, 1.807) is 18.2 Å². The van der Waals surface area contributed by atoms with E-state index in [0.29, 0.717) is 0 Å². The normalized spacial score (nSPS) is 8.85. The average molecular weight is 205 g/mol. The lowest BCUT2D eigenvalue weighted by Gasteiger charge is -1.85. The van der Waals surface area contributed by atoms with Crippen LogP contribution < -0.4 is 0 Å².